The lowest BCUT2D eigenvalue weighted by Gasteiger charge is -2.22. The van der Waals surface area contributed by atoms with Gasteiger partial charge in [-0.3, -0.25) is 9.59 Å². The zero-order chi connectivity index (χ0) is 47.9. The summed E-state index contributed by atoms with van der Waals surface area (Å²) in [7, 11) is 0. The fraction of sp³-hybridized carbons (Fsp3) is 0.967. The number of carbonyl (C=O) groups excluding carboxylic acids is 2. The number of amides is 1. The average molecular weight is 935 g/mol. The lowest BCUT2D eigenvalue weighted by molar-refractivity contribution is -0.143. The molecule has 2 unspecified atom stereocenters. The number of aliphatic hydroxyl groups is 2. The molecular weight excluding hydrogens is 815 g/mol. The van der Waals surface area contributed by atoms with Gasteiger partial charge in [-0.05, 0) is 25.7 Å². The summed E-state index contributed by atoms with van der Waals surface area (Å²) < 4.78 is 5.49. The fourth-order valence-corrected chi connectivity index (χ4v) is 9.76. The number of aliphatic hydroxyl groups excluding tert-OH is 2. The van der Waals surface area contributed by atoms with E-state index in [1.807, 2.05) is 0 Å². The van der Waals surface area contributed by atoms with E-state index < -0.39 is 12.1 Å². The maximum absolute atomic E-state index is 12.5. The second-order valence-electron chi connectivity index (χ2n) is 21.1. The number of ether oxygens (including phenoxy) is 1. The van der Waals surface area contributed by atoms with Crippen LogP contribution in [-0.4, -0.2) is 47.4 Å². The summed E-state index contributed by atoms with van der Waals surface area (Å²) in [6.45, 7) is 4.96. The van der Waals surface area contributed by atoms with Crippen LogP contribution in [0.1, 0.15) is 348 Å². The molecule has 6 nitrogen and oxygen atoms in total. The van der Waals surface area contributed by atoms with Crippen LogP contribution >= 0.6 is 0 Å². The summed E-state index contributed by atoms with van der Waals surface area (Å²) in [5, 5.41) is 23.3. The molecule has 0 rings (SSSR count). The third kappa shape index (κ3) is 52.2. The smallest absolute Gasteiger partial charge is 0.305 e. The minimum atomic E-state index is -0.673. The Labute approximate surface area is 413 Å². The molecule has 394 valence electrons. The molecule has 0 saturated heterocycles. The molecule has 2 atom stereocenters. The maximum atomic E-state index is 12.5. The first kappa shape index (κ1) is 64.9. The van der Waals surface area contributed by atoms with E-state index >= 15 is 0 Å². The highest BCUT2D eigenvalue weighted by atomic mass is 16.5. The van der Waals surface area contributed by atoms with Gasteiger partial charge in [0.2, 0.25) is 5.91 Å². The highest BCUT2D eigenvalue weighted by molar-refractivity contribution is 5.76. The molecule has 0 bridgehead atoms. The van der Waals surface area contributed by atoms with E-state index in [1.54, 1.807) is 0 Å². The van der Waals surface area contributed by atoms with E-state index in [-0.39, 0.29) is 18.5 Å². The Kier molecular flexibility index (Phi) is 55.5. The lowest BCUT2D eigenvalue weighted by atomic mass is 10.0. The average Bonchev–Trinajstić information content (AvgIpc) is 3.32. The van der Waals surface area contributed by atoms with Crippen LogP contribution in [0.4, 0.5) is 0 Å². The molecule has 0 saturated carbocycles. The van der Waals surface area contributed by atoms with Gasteiger partial charge in [0.15, 0.2) is 0 Å². The molecule has 6 heteroatoms. The Balaban J connectivity index is 3.41. The van der Waals surface area contributed by atoms with Crippen LogP contribution in [0.15, 0.2) is 0 Å². The second kappa shape index (κ2) is 56.4. The maximum Gasteiger partial charge on any atom is 0.305 e. The molecular formula is C60H119NO5. The molecule has 0 heterocycles. The third-order valence-electron chi connectivity index (χ3n) is 14.4. The second-order valence-corrected chi connectivity index (χ2v) is 21.1. The van der Waals surface area contributed by atoms with Crippen LogP contribution in [-0.2, 0) is 14.3 Å². The first-order valence-electron chi connectivity index (χ1n) is 30.3. The summed E-state index contributed by atoms with van der Waals surface area (Å²) in [6.07, 6.45) is 65.2. The van der Waals surface area contributed by atoms with Crippen LogP contribution in [0.25, 0.3) is 0 Å². The van der Waals surface area contributed by atoms with Gasteiger partial charge in [0.25, 0.3) is 0 Å². The highest BCUT2D eigenvalue weighted by Gasteiger charge is 2.20. The molecule has 0 aromatic carbocycles. The zero-order valence-corrected chi connectivity index (χ0v) is 45.0. The summed E-state index contributed by atoms with van der Waals surface area (Å²) in [5.41, 5.74) is 0. The summed E-state index contributed by atoms with van der Waals surface area (Å²) in [5.74, 6) is -0.0492. The standard InChI is InChI=1S/C60H119NO5/c1-3-5-7-9-11-13-15-17-19-21-23-25-27-29-34-38-42-46-50-54-60(65)66-55-51-47-43-39-35-31-30-33-37-41-45-49-53-59(64)61-57(56-62)58(63)52-48-44-40-36-32-28-26-24-22-20-18-16-14-12-10-8-6-4-2/h57-58,62-63H,3-56H2,1-2H3,(H,61,64). The van der Waals surface area contributed by atoms with E-state index in [1.165, 1.54) is 257 Å². The largest absolute Gasteiger partial charge is 0.466 e. The van der Waals surface area contributed by atoms with Gasteiger partial charge in [-0.15, -0.1) is 0 Å². The van der Waals surface area contributed by atoms with Crippen LogP contribution in [0, 0.1) is 0 Å². The number of esters is 1. The van der Waals surface area contributed by atoms with Gasteiger partial charge >= 0.3 is 5.97 Å². The third-order valence-corrected chi connectivity index (χ3v) is 14.4. The van der Waals surface area contributed by atoms with Crippen molar-refractivity contribution >= 4 is 11.9 Å². The van der Waals surface area contributed by atoms with Crippen LogP contribution < -0.4 is 5.32 Å². The number of nitrogens with one attached hydrogen (secondary N) is 1. The monoisotopic (exact) mass is 934 g/mol. The van der Waals surface area contributed by atoms with Crippen molar-refractivity contribution in [3.8, 4) is 0 Å². The van der Waals surface area contributed by atoms with Gasteiger partial charge in [0.05, 0.1) is 25.4 Å². The number of hydrogen-bond acceptors (Lipinski definition) is 5. The van der Waals surface area contributed by atoms with Crippen molar-refractivity contribution in [3.05, 3.63) is 0 Å². The first-order chi connectivity index (χ1) is 32.5. The minimum Gasteiger partial charge on any atom is -0.466 e. The van der Waals surface area contributed by atoms with Crippen molar-refractivity contribution in [1.29, 1.82) is 0 Å². The minimum absolute atomic E-state index is 0.00304. The Morgan fingerprint density at radius 1 is 0.364 bits per heavy atom. The Hall–Kier alpha value is -1.14. The fourth-order valence-electron chi connectivity index (χ4n) is 9.76. The molecule has 3 N–H and O–H groups in total. The van der Waals surface area contributed by atoms with Crippen LogP contribution in [0.3, 0.4) is 0 Å². The Morgan fingerprint density at radius 2 is 0.621 bits per heavy atom. The van der Waals surface area contributed by atoms with Gasteiger partial charge in [0, 0.05) is 12.8 Å². The SMILES string of the molecule is CCCCCCCCCCCCCCCCCCCCCC(=O)OCCCCCCCCCCCCCCC(=O)NC(CO)C(O)CCCCCCCCCCCCCCCCCCCC. The van der Waals surface area contributed by atoms with E-state index in [9.17, 15) is 19.8 Å². The molecule has 1 amide bonds. The van der Waals surface area contributed by atoms with Gasteiger partial charge in [-0.25, -0.2) is 0 Å². The Bertz CT molecular complexity index is 944. The molecule has 0 fully saturated rings. The summed E-state index contributed by atoms with van der Waals surface area (Å²) >= 11 is 0. The Morgan fingerprint density at radius 3 is 0.924 bits per heavy atom. The van der Waals surface area contributed by atoms with Gasteiger partial charge in [-0.2, -0.15) is 0 Å². The number of carbonyl (C=O) groups is 2. The summed E-state index contributed by atoms with van der Waals surface area (Å²) in [6, 6.07) is -0.552. The summed E-state index contributed by atoms with van der Waals surface area (Å²) in [4.78, 5) is 24.6. The normalized spacial score (nSPS) is 12.5. The van der Waals surface area contributed by atoms with Crippen molar-refractivity contribution in [2.24, 2.45) is 0 Å². The predicted molar refractivity (Wildman–Crippen MR) is 287 cm³/mol. The molecule has 0 spiro atoms. The quantitative estimate of drug-likeness (QED) is 0.0417. The van der Waals surface area contributed by atoms with Crippen molar-refractivity contribution in [1.82, 2.24) is 5.32 Å². The predicted octanol–water partition coefficient (Wildman–Crippen LogP) is 18.7. The lowest BCUT2D eigenvalue weighted by Crippen LogP contribution is -2.45. The number of hydrogen-bond donors (Lipinski definition) is 3. The first-order valence-corrected chi connectivity index (χ1v) is 30.3. The topological polar surface area (TPSA) is 95.9 Å². The van der Waals surface area contributed by atoms with E-state index in [2.05, 4.69) is 19.2 Å². The van der Waals surface area contributed by atoms with Gasteiger partial charge in [-0.1, -0.05) is 309 Å². The molecule has 0 radical (unpaired) electrons. The molecule has 0 aliphatic rings. The zero-order valence-electron chi connectivity index (χ0n) is 45.0. The van der Waals surface area contributed by atoms with Crippen molar-refractivity contribution < 1.29 is 24.5 Å². The van der Waals surface area contributed by atoms with Crippen molar-refractivity contribution in [2.75, 3.05) is 13.2 Å². The number of rotatable bonds is 57. The molecule has 0 aliphatic heterocycles. The van der Waals surface area contributed by atoms with E-state index in [0.29, 0.717) is 25.9 Å². The molecule has 0 aromatic rings. The van der Waals surface area contributed by atoms with Crippen LogP contribution in [0.2, 0.25) is 0 Å². The van der Waals surface area contributed by atoms with E-state index in [4.69, 9.17) is 4.74 Å². The highest BCUT2D eigenvalue weighted by Crippen LogP contribution is 2.18. The number of unbranched alkanes of at least 4 members (excludes halogenated alkanes) is 46. The van der Waals surface area contributed by atoms with Crippen LogP contribution in [0.5, 0.6) is 0 Å². The van der Waals surface area contributed by atoms with Gasteiger partial charge < -0.3 is 20.3 Å². The van der Waals surface area contributed by atoms with Crippen molar-refractivity contribution in [3.63, 3.8) is 0 Å². The van der Waals surface area contributed by atoms with Crippen molar-refractivity contribution in [2.45, 2.75) is 360 Å². The van der Waals surface area contributed by atoms with Gasteiger partial charge in [0.1, 0.15) is 0 Å². The van der Waals surface area contributed by atoms with E-state index in [0.717, 1.165) is 57.8 Å². The molecule has 0 aromatic heterocycles. The molecule has 66 heavy (non-hydrogen) atoms. The molecule has 0 aliphatic carbocycles.